The zero-order chi connectivity index (χ0) is 17.1. The van der Waals surface area contributed by atoms with Crippen molar-refractivity contribution in [3.8, 4) is 0 Å². The monoisotopic (exact) mass is 342 g/mol. The van der Waals surface area contributed by atoms with E-state index in [9.17, 15) is 4.79 Å². The van der Waals surface area contributed by atoms with Gasteiger partial charge in [-0.25, -0.2) is 0 Å². The lowest BCUT2D eigenvalue weighted by atomic mass is 10.00. The van der Waals surface area contributed by atoms with E-state index in [1.165, 1.54) is 11.1 Å². The van der Waals surface area contributed by atoms with Crippen LogP contribution in [0.3, 0.4) is 0 Å². The summed E-state index contributed by atoms with van der Waals surface area (Å²) < 4.78 is 0. The van der Waals surface area contributed by atoms with E-state index in [0.29, 0.717) is 18.0 Å². The molecule has 1 heterocycles. The Morgan fingerprint density at radius 3 is 2.71 bits per heavy atom. The van der Waals surface area contributed by atoms with E-state index >= 15 is 0 Å². The fraction of sp³-hybridized carbons (Fsp3) is 0.350. The molecule has 3 nitrogen and oxygen atoms in total. The van der Waals surface area contributed by atoms with Gasteiger partial charge in [0.2, 0.25) is 5.91 Å². The molecule has 0 saturated carbocycles. The predicted octanol–water partition coefficient (Wildman–Crippen LogP) is 4.34. The number of hydrogen-bond acceptors (Lipinski definition) is 2. The second kappa shape index (κ2) is 7.27. The molecule has 4 heteroatoms. The first-order chi connectivity index (χ1) is 11.5. The van der Waals surface area contributed by atoms with Crippen LogP contribution in [0.25, 0.3) is 0 Å². The number of nitrogens with one attached hydrogen (secondary N) is 1. The Balaban J connectivity index is 1.55. The van der Waals surface area contributed by atoms with Crippen LogP contribution < -0.4 is 5.32 Å². The van der Waals surface area contributed by atoms with Gasteiger partial charge < -0.3 is 10.2 Å². The van der Waals surface area contributed by atoms with Gasteiger partial charge >= 0.3 is 0 Å². The van der Waals surface area contributed by atoms with Crippen molar-refractivity contribution < 1.29 is 4.79 Å². The number of carbonyl (C=O) groups excluding carboxylic acids is 1. The number of carbonyl (C=O) groups is 1. The topological polar surface area (TPSA) is 32.3 Å². The van der Waals surface area contributed by atoms with Gasteiger partial charge in [-0.3, -0.25) is 4.79 Å². The van der Waals surface area contributed by atoms with E-state index in [4.69, 9.17) is 11.6 Å². The highest BCUT2D eigenvalue weighted by Crippen LogP contribution is 2.27. The van der Waals surface area contributed by atoms with Gasteiger partial charge in [0.1, 0.15) is 0 Å². The predicted molar refractivity (Wildman–Crippen MR) is 99.6 cm³/mol. The van der Waals surface area contributed by atoms with Crippen molar-refractivity contribution in [2.75, 3.05) is 18.4 Å². The molecule has 0 radical (unpaired) electrons. The van der Waals surface area contributed by atoms with Gasteiger partial charge in [-0.05, 0) is 48.6 Å². The average Bonchev–Trinajstić information content (AvgIpc) is 2.56. The first-order valence-corrected chi connectivity index (χ1v) is 8.77. The van der Waals surface area contributed by atoms with E-state index in [-0.39, 0.29) is 5.91 Å². The number of rotatable bonds is 4. The van der Waals surface area contributed by atoms with Crippen LogP contribution in [-0.4, -0.2) is 23.9 Å². The first-order valence-electron chi connectivity index (χ1n) is 8.40. The molecule has 1 N–H and O–H groups in total. The second-order valence-electron chi connectivity index (χ2n) is 6.45. The van der Waals surface area contributed by atoms with E-state index in [0.717, 1.165) is 36.3 Å². The molecule has 0 bridgehead atoms. The molecule has 126 valence electrons. The Morgan fingerprint density at radius 1 is 1.21 bits per heavy atom. The Kier molecular flexibility index (Phi) is 5.10. The summed E-state index contributed by atoms with van der Waals surface area (Å²) in [4.78, 5) is 14.4. The molecular formula is C20H23ClN2O. The van der Waals surface area contributed by atoms with Crippen LogP contribution in [0.15, 0.2) is 36.4 Å². The maximum atomic E-state index is 12.5. The zero-order valence-electron chi connectivity index (χ0n) is 14.2. The maximum absolute atomic E-state index is 12.5. The third kappa shape index (κ3) is 3.73. The molecule has 0 spiro atoms. The van der Waals surface area contributed by atoms with Crippen molar-refractivity contribution in [2.45, 2.75) is 33.2 Å². The standard InChI is InChI=1S/C20H23ClN2O/c1-14-11-15(2)20(18(21)12-14)22-9-7-19(24)23-10-8-16-5-3-4-6-17(16)13-23/h3-6,11-12,22H,7-10,13H2,1-2H3. The number of amides is 1. The first kappa shape index (κ1) is 16.8. The summed E-state index contributed by atoms with van der Waals surface area (Å²) in [6.07, 6.45) is 1.42. The van der Waals surface area contributed by atoms with Gasteiger partial charge in [0, 0.05) is 26.1 Å². The Bertz CT molecular complexity index is 734. The van der Waals surface area contributed by atoms with Crippen LogP contribution in [0.1, 0.15) is 28.7 Å². The largest absolute Gasteiger partial charge is 0.383 e. The lowest BCUT2D eigenvalue weighted by Crippen LogP contribution is -2.36. The third-order valence-electron chi connectivity index (χ3n) is 4.56. The average molecular weight is 343 g/mol. The molecule has 0 unspecified atom stereocenters. The van der Waals surface area contributed by atoms with E-state index in [1.54, 1.807) is 0 Å². The molecule has 24 heavy (non-hydrogen) atoms. The molecule has 0 aliphatic carbocycles. The minimum atomic E-state index is 0.192. The molecule has 0 fully saturated rings. The quantitative estimate of drug-likeness (QED) is 0.896. The Hall–Kier alpha value is -2.00. The highest BCUT2D eigenvalue weighted by molar-refractivity contribution is 6.33. The van der Waals surface area contributed by atoms with E-state index in [2.05, 4.69) is 29.6 Å². The van der Waals surface area contributed by atoms with Crippen molar-refractivity contribution in [3.63, 3.8) is 0 Å². The Morgan fingerprint density at radius 2 is 1.96 bits per heavy atom. The van der Waals surface area contributed by atoms with Gasteiger partial charge in [-0.2, -0.15) is 0 Å². The molecule has 3 rings (SSSR count). The molecule has 1 amide bonds. The van der Waals surface area contributed by atoms with E-state index in [1.807, 2.05) is 30.9 Å². The highest BCUT2D eigenvalue weighted by Gasteiger charge is 2.19. The summed E-state index contributed by atoms with van der Waals surface area (Å²) in [7, 11) is 0. The van der Waals surface area contributed by atoms with Crippen LogP contribution in [0.5, 0.6) is 0 Å². The van der Waals surface area contributed by atoms with Crippen LogP contribution in [0.4, 0.5) is 5.69 Å². The number of benzene rings is 2. The van der Waals surface area contributed by atoms with Gasteiger partial charge in [0.15, 0.2) is 0 Å². The van der Waals surface area contributed by atoms with Gasteiger partial charge in [-0.1, -0.05) is 41.9 Å². The summed E-state index contributed by atoms with van der Waals surface area (Å²) in [5, 5.41) is 4.03. The molecule has 0 atom stereocenters. The second-order valence-corrected chi connectivity index (χ2v) is 6.86. The van der Waals surface area contributed by atoms with Gasteiger partial charge in [-0.15, -0.1) is 0 Å². The molecule has 0 aromatic heterocycles. The minimum absolute atomic E-state index is 0.192. The number of aryl methyl sites for hydroxylation is 2. The van der Waals surface area contributed by atoms with Gasteiger partial charge in [0.05, 0.1) is 10.7 Å². The summed E-state index contributed by atoms with van der Waals surface area (Å²) in [5.41, 5.74) is 5.81. The normalized spacial score (nSPS) is 13.5. The molecule has 2 aromatic rings. The minimum Gasteiger partial charge on any atom is -0.383 e. The van der Waals surface area contributed by atoms with Crippen LogP contribution in [-0.2, 0) is 17.8 Å². The summed E-state index contributed by atoms with van der Waals surface area (Å²) in [6.45, 7) is 6.19. The SMILES string of the molecule is Cc1cc(C)c(NCCC(=O)N2CCc3ccccc3C2)c(Cl)c1. The highest BCUT2D eigenvalue weighted by atomic mass is 35.5. The fourth-order valence-corrected chi connectivity index (χ4v) is 3.69. The summed E-state index contributed by atoms with van der Waals surface area (Å²) in [5.74, 6) is 0.192. The van der Waals surface area contributed by atoms with Crippen LogP contribution in [0, 0.1) is 13.8 Å². The Labute approximate surface area is 148 Å². The zero-order valence-corrected chi connectivity index (χ0v) is 15.0. The third-order valence-corrected chi connectivity index (χ3v) is 4.85. The molecular weight excluding hydrogens is 320 g/mol. The fourth-order valence-electron chi connectivity index (χ4n) is 3.30. The molecule has 1 aliphatic heterocycles. The number of halogens is 1. The number of anilines is 1. The molecule has 2 aromatic carbocycles. The van der Waals surface area contributed by atoms with Crippen molar-refractivity contribution >= 4 is 23.2 Å². The van der Waals surface area contributed by atoms with Crippen molar-refractivity contribution in [1.29, 1.82) is 0 Å². The number of hydrogen-bond donors (Lipinski definition) is 1. The maximum Gasteiger partial charge on any atom is 0.224 e. The van der Waals surface area contributed by atoms with Crippen molar-refractivity contribution in [2.24, 2.45) is 0 Å². The summed E-state index contributed by atoms with van der Waals surface area (Å²) in [6, 6.07) is 12.4. The smallest absolute Gasteiger partial charge is 0.224 e. The number of fused-ring (bicyclic) bond motifs is 1. The van der Waals surface area contributed by atoms with Crippen LogP contribution >= 0.6 is 11.6 Å². The summed E-state index contributed by atoms with van der Waals surface area (Å²) >= 11 is 6.30. The lowest BCUT2D eigenvalue weighted by Gasteiger charge is -2.29. The molecule has 0 saturated heterocycles. The van der Waals surface area contributed by atoms with Gasteiger partial charge in [0.25, 0.3) is 0 Å². The number of nitrogens with zero attached hydrogens (tertiary/aromatic N) is 1. The van der Waals surface area contributed by atoms with Crippen LogP contribution in [0.2, 0.25) is 5.02 Å². The van der Waals surface area contributed by atoms with Crippen molar-refractivity contribution in [1.82, 2.24) is 4.90 Å². The van der Waals surface area contributed by atoms with E-state index < -0.39 is 0 Å². The molecule has 1 aliphatic rings. The van der Waals surface area contributed by atoms with Crippen molar-refractivity contribution in [3.05, 3.63) is 63.7 Å². The lowest BCUT2D eigenvalue weighted by molar-refractivity contribution is -0.131.